The number of halogens is 3. The van der Waals surface area contributed by atoms with Gasteiger partial charge in [0.2, 0.25) is 0 Å². The van der Waals surface area contributed by atoms with E-state index in [1.807, 2.05) is 38.1 Å². The minimum Gasteiger partial charge on any atom is -0.491 e. The molecule has 0 saturated carbocycles. The maximum atomic E-state index is 12.8. The standard InChI is InChI=1S/C27H24F3NO4/c1-4-33-26(32)25-16-18-15-23(35-22-9-5-19(6-10-22)27(28,29)30)13-14-24(18)31(25)20-7-11-21(12-8-20)34-17(2)3/h5-17H,4H2,1-3H3. The lowest BCUT2D eigenvalue weighted by Gasteiger charge is -2.13. The average molecular weight is 483 g/mol. The first-order valence-corrected chi connectivity index (χ1v) is 11.1. The van der Waals surface area contributed by atoms with Crippen molar-refractivity contribution in [1.29, 1.82) is 0 Å². The van der Waals surface area contributed by atoms with Gasteiger partial charge in [-0.2, -0.15) is 13.2 Å². The number of fused-ring (bicyclic) bond motifs is 1. The number of carbonyl (C=O) groups excluding carboxylic acids is 1. The molecule has 0 unspecified atom stereocenters. The molecule has 0 saturated heterocycles. The van der Waals surface area contributed by atoms with Crippen LogP contribution in [0.2, 0.25) is 0 Å². The van der Waals surface area contributed by atoms with Crippen LogP contribution in [0.4, 0.5) is 13.2 Å². The van der Waals surface area contributed by atoms with Gasteiger partial charge in [0, 0.05) is 11.1 Å². The molecule has 5 nitrogen and oxygen atoms in total. The smallest absolute Gasteiger partial charge is 0.416 e. The molecule has 0 amide bonds. The molecule has 0 N–H and O–H groups in total. The van der Waals surface area contributed by atoms with E-state index in [4.69, 9.17) is 14.2 Å². The Labute approximate surface area is 200 Å². The van der Waals surface area contributed by atoms with Gasteiger partial charge >= 0.3 is 12.1 Å². The summed E-state index contributed by atoms with van der Waals surface area (Å²) in [6.45, 7) is 5.84. The number of rotatable bonds is 7. The lowest BCUT2D eigenvalue weighted by molar-refractivity contribution is -0.137. The molecule has 1 heterocycles. The largest absolute Gasteiger partial charge is 0.491 e. The summed E-state index contributed by atoms with van der Waals surface area (Å²) in [5.41, 5.74) is 1.08. The molecule has 3 aromatic carbocycles. The van der Waals surface area contributed by atoms with Crippen molar-refractivity contribution in [3.8, 4) is 22.9 Å². The monoisotopic (exact) mass is 483 g/mol. The summed E-state index contributed by atoms with van der Waals surface area (Å²) in [7, 11) is 0. The van der Waals surface area contributed by atoms with Crippen molar-refractivity contribution in [2.75, 3.05) is 6.61 Å². The number of nitrogens with zero attached hydrogens (tertiary/aromatic N) is 1. The van der Waals surface area contributed by atoms with E-state index in [1.54, 1.807) is 35.8 Å². The third kappa shape index (κ3) is 5.42. The Morgan fingerprint density at radius 1 is 0.886 bits per heavy atom. The molecule has 0 fully saturated rings. The maximum absolute atomic E-state index is 12.8. The Morgan fingerprint density at radius 2 is 1.51 bits per heavy atom. The minimum absolute atomic E-state index is 0.0337. The second kappa shape index (κ2) is 9.74. The fourth-order valence-corrected chi connectivity index (χ4v) is 3.68. The third-order valence-electron chi connectivity index (χ3n) is 5.14. The van der Waals surface area contributed by atoms with Crippen LogP contribution in [0.25, 0.3) is 16.6 Å². The second-order valence-electron chi connectivity index (χ2n) is 8.09. The van der Waals surface area contributed by atoms with Crippen LogP contribution in [0.5, 0.6) is 17.2 Å². The first kappa shape index (κ1) is 24.2. The lowest BCUT2D eigenvalue weighted by Crippen LogP contribution is -2.11. The Kier molecular flexibility index (Phi) is 6.73. The molecule has 0 atom stereocenters. The molecule has 0 bridgehead atoms. The summed E-state index contributed by atoms with van der Waals surface area (Å²) >= 11 is 0. The topological polar surface area (TPSA) is 49.7 Å². The number of esters is 1. The summed E-state index contributed by atoms with van der Waals surface area (Å²) in [5.74, 6) is 0.926. The predicted octanol–water partition coefficient (Wildman–Crippen LogP) is 7.41. The Bertz CT molecular complexity index is 1320. The fraction of sp³-hybridized carbons (Fsp3) is 0.222. The highest BCUT2D eigenvalue weighted by Gasteiger charge is 2.30. The van der Waals surface area contributed by atoms with Crippen molar-refractivity contribution < 1.29 is 32.2 Å². The molecule has 8 heteroatoms. The molecule has 0 aliphatic rings. The van der Waals surface area contributed by atoms with E-state index in [0.717, 1.165) is 23.3 Å². The number of aromatic nitrogens is 1. The van der Waals surface area contributed by atoms with Crippen molar-refractivity contribution in [3.63, 3.8) is 0 Å². The van der Waals surface area contributed by atoms with Crippen LogP contribution in [-0.2, 0) is 10.9 Å². The lowest BCUT2D eigenvalue weighted by atomic mass is 10.2. The molecule has 0 radical (unpaired) electrons. The van der Waals surface area contributed by atoms with Crippen LogP contribution in [0.15, 0.2) is 72.8 Å². The zero-order valence-corrected chi connectivity index (χ0v) is 19.4. The van der Waals surface area contributed by atoms with Gasteiger partial charge in [-0.05, 0) is 93.6 Å². The van der Waals surface area contributed by atoms with Gasteiger partial charge < -0.3 is 18.8 Å². The quantitative estimate of drug-likeness (QED) is 0.257. The number of hydrogen-bond acceptors (Lipinski definition) is 4. The van der Waals surface area contributed by atoms with Gasteiger partial charge in [0.25, 0.3) is 0 Å². The Hall–Kier alpha value is -3.94. The van der Waals surface area contributed by atoms with Crippen molar-refractivity contribution in [1.82, 2.24) is 4.57 Å². The van der Waals surface area contributed by atoms with Gasteiger partial charge in [0.05, 0.1) is 23.8 Å². The van der Waals surface area contributed by atoms with Crippen molar-refractivity contribution in [2.24, 2.45) is 0 Å². The first-order chi connectivity index (χ1) is 16.7. The molecular formula is C27H24F3NO4. The van der Waals surface area contributed by atoms with Crippen molar-refractivity contribution in [3.05, 3.63) is 84.1 Å². The maximum Gasteiger partial charge on any atom is 0.416 e. The SMILES string of the molecule is CCOC(=O)c1cc2cc(Oc3ccc(C(F)(F)F)cc3)ccc2n1-c1ccc(OC(C)C)cc1. The zero-order valence-electron chi connectivity index (χ0n) is 19.4. The van der Waals surface area contributed by atoms with Crippen LogP contribution in [0.1, 0.15) is 36.8 Å². The molecule has 35 heavy (non-hydrogen) atoms. The van der Waals surface area contributed by atoms with Crippen molar-refractivity contribution >= 4 is 16.9 Å². The minimum atomic E-state index is -4.41. The van der Waals surface area contributed by atoms with Gasteiger partial charge in [0.1, 0.15) is 22.9 Å². The van der Waals surface area contributed by atoms with E-state index in [9.17, 15) is 18.0 Å². The second-order valence-corrected chi connectivity index (χ2v) is 8.09. The highest BCUT2D eigenvalue weighted by atomic mass is 19.4. The Balaban J connectivity index is 1.70. The number of carbonyl (C=O) groups is 1. The van der Waals surface area contributed by atoms with Gasteiger partial charge in [-0.3, -0.25) is 0 Å². The summed E-state index contributed by atoms with van der Waals surface area (Å²) in [6, 6.07) is 18.7. The molecule has 0 spiro atoms. The third-order valence-corrected chi connectivity index (χ3v) is 5.14. The molecule has 1 aromatic heterocycles. The predicted molar refractivity (Wildman–Crippen MR) is 127 cm³/mol. The first-order valence-electron chi connectivity index (χ1n) is 11.1. The summed E-state index contributed by atoms with van der Waals surface area (Å²) < 4.78 is 56.9. The van der Waals surface area contributed by atoms with Crippen LogP contribution in [0, 0.1) is 0 Å². The van der Waals surface area contributed by atoms with E-state index in [0.29, 0.717) is 22.6 Å². The summed E-state index contributed by atoms with van der Waals surface area (Å²) in [6.07, 6.45) is -4.38. The van der Waals surface area contributed by atoms with E-state index >= 15 is 0 Å². The number of ether oxygens (including phenoxy) is 3. The van der Waals surface area contributed by atoms with Gasteiger partial charge in [0.15, 0.2) is 0 Å². The molecule has 0 aliphatic heterocycles. The van der Waals surface area contributed by atoms with E-state index < -0.39 is 17.7 Å². The van der Waals surface area contributed by atoms with Crippen molar-refractivity contribution in [2.45, 2.75) is 33.1 Å². The molecule has 4 aromatic rings. The van der Waals surface area contributed by atoms with E-state index in [-0.39, 0.29) is 18.5 Å². The molecular weight excluding hydrogens is 459 g/mol. The average Bonchev–Trinajstić information content (AvgIpc) is 3.18. The number of alkyl halides is 3. The highest BCUT2D eigenvalue weighted by molar-refractivity contribution is 5.97. The Morgan fingerprint density at radius 3 is 2.11 bits per heavy atom. The zero-order chi connectivity index (χ0) is 25.2. The van der Waals surface area contributed by atoms with Crippen LogP contribution >= 0.6 is 0 Å². The van der Waals surface area contributed by atoms with Gasteiger partial charge in [-0.25, -0.2) is 4.79 Å². The number of hydrogen-bond donors (Lipinski definition) is 0. The summed E-state index contributed by atoms with van der Waals surface area (Å²) in [5, 5.41) is 0.708. The van der Waals surface area contributed by atoms with Crippen LogP contribution in [0.3, 0.4) is 0 Å². The van der Waals surface area contributed by atoms with Crippen LogP contribution in [-0.4, -0.2) is 23.2 Å². The van der Waals surface area contributed by atoms with Crippen LogP contribution < -0.4 is 9.47 Å². The molecule has 0 aliphatic carbocycles. The van der Waals surface area contributed by atoms with Gasteiger partial charge in [-0.1, -0.05) is 0 Å². The van der Waals surface area contributed by atoms with E-state index in [1.165, 1.54) is 12.1 Å². The normalized spacial score (nSPS) is 11.6. The summed E-state index contributed by atoms with van der Waals surface area (Å²) in [4.78, 5) is 12.7. The number of benzene rings is 3. The molecule has 4 rings (SSSR count). The molecule has 182 valence electrons. The van der Waals surface area contributed by atoms with E-state index in [2.05, 4.69) is 0 Å². The highest BCUT2D eigenvalue weighted by Crippen LogP contribution is 2.33. The van der Waals surface area contributed by atoms with Gasteiger partial charge in [-0.15, -0.1) is 0 Å². The fourth-order valence-electron chi connectivity index (χ4n) is 3.68.